The van der Waals surface area contributed by atoms with Crippen LogP contribution in [-0.4, -0.2) is 13.2 Å². The van der Waals surface area contributed by atoms with Crippen molar-refractivity contribution in [3.8, 4) is 17.2 Å². The smallest absolute Gasteiger partial charge is 0.180 e. The summed E-state index contributed by atoms with van der Waals surface area (Å²) in [6, 6.07) is 21.7. The molecule has 4 nitrogen and oxygen atoms in total. The van der Waals surface area contributed by atoms with Crippen molar-refractivity contribution in [1.29, 1.82) is 0 Å². The van der Waals surface area contributed by atoms with Crippen LogP contribution >= 0.6 is 11.6 Å². The highest BCUT2D eigenvalue weighted by Gasteiger charge is 2.13. The fraction of sp³-hybridized carbons (Fsp3) is 0.250. The SMILES string of the molecule is CCOc1ccc(NCc2cc(Cl)c(OCc3ccccc3)c(OCC)c2)cc1. The molecule has 5 heteroatoms. The number of hydrogen-bond donors (Lipinski definition) is 1. The van der Waals surface area contributed by atoms with Crippen molar-refractivity contribution in [2.45, 2.75) is 27.0 Å². The Balaban J connectivity index is 1.69. The fourth-order valence-electron chi connectivity index (χ4n) is 2.90. The Morgan fingerprint density at radius 2 is 1.52 bits per heavy atom. The molecule has 0 radical (unpaired) electrons. The van der Waals surface area contributed by atoms with E-state index in [0.29, 0.717) is 42.9 Å². The molecule has 0 aliphatic heterocycles. The Labute approximate surface area is 177 Å². The molecule has 0 heterocycles. The van der Waals surface area contributed by atoms with E-state index in [-0.39, 0.29) is 0 Å². The Hall–Kier alpha value is -2.85. The molecule has 0 saturated heterocycles. The van der Waals surface area contributed by atoms with Gasteiger partial charge in [-0.15, -0.1) is 0 Å². The van der Waals surface area contributed by atoms with Gasteiger partial charge in [-0.1, -0.05) is 41.9 Å². The van der Waals surface area contributed by atoms with Gasteiger partial charge in [-0.2, -0.15) is 0 Å². The predicted octanol–water partition coefficient (Wildman–Crippen LogP) is 6.33. The molecule has 152 valence electrons. The van der Waals surface area contributed by atoms with Crippen LogP contribution in [0.4, 0.5) is 5.69 Å². The summed E-state index contributed by atoms with van der Waals surface area (Å²) < 4.78 is 17.2. The standard InChI is InChI=1S/C24H26ClNO3/c1-3-27-21-12-10-20(11-13-21)26-16-19-14-22(25)24(23(15-19)28-4-2)29-17-18-8-6-5-7-9-18/h5-15,26H,3-4,16-17H2,1-2H3. The van der Waals surface area contributed by atoms with E-state index in [1.807, 2.05) is 80.6 Å². The minimum Gasteiger partial charge on any atom is -0.494 e. The minimum absolute atomic E-state index is 0.435. The second-order valence-electron chi connectivity index (χ2n) is 6.42. The van der Waals surface area contributed by atoms with Crippen LogP contribution in [0.5, 0.6) is 17.2 Å². The Morgan fingerprint density at radius 1 is 0.793 bits per heavy atom. The molecule has 3 aromatic carbocycles. The third-order valence-electron chi connectivity index (χ3n) is 4.26. The van der Waals surface area contributed by atoms with Crippen molar-refractivity contribution in [2.75, 3.05) is 18.5 Å². The van der Waals surface area contributed by atoms with E-state index in [1.165, 1.54) is 0 Å². The van der Waals surface area contributed by atoms with Gasteiger partial charge in [0.05, 0.1) is 18.2 Å². The van der Waals surface area contributed by atoms with E-state index in [1.54, 1.807) is 0 Å². The van der Waals surface area contributed by atoms with Crippen molar-refractivity contribution in [1.82, 2.24) is 0 Å². The third-order valence-corrected chi connectivity index (χ3v) is 4.54. The van der Waals surface area contributed by atoms with Gasteiger partial charge in [0.25, 0.3) is 0 Å². The monoisotopic (exact) mass is 411 g/mol. The number of ether oxygens (including phenoxy) is 3. The first-order chi connectivity index (χ1) is 14.2. The molecule has 3 rings (SSSR count). The second-order valence-corrected chi connectivity index (χ2v) is 6.83. The second kappa shape index (κ2) is 10.6. The van der Waals surface area contributed by atoms with Crippen LogP contribution < -0.4 is 19.5 Å². The molecule has 0 atom stereocenters. The molecule has 0 aliphatic rings. The lowest BCUT2D eigenvalue weighted by atomic mass is 10.2. The molecule has 0 bridgehead atoms. The maximum atomic E-state index is 6.52. The van der Waals surface area contributed by atoms with Crippen molar-refractivity contribution in [3.63, 3.8) is 0 Å². The van der Waals surface area contributed by atoms with E-state index >= 15 is 0 Å². The summed E-state index contributed by atoms with van der Waals surface area (Å²) in [5, 5.41) is 3.93. The van der Waals surface area contributed by atoms with Crippen LogP contribution in [0.2, 0.25) is 5.02 Å². The van der Waals surface area contributed by atoms with Crippen LogP contribution in [0.3, 0.4) is 0 Å². The number of benzene rings is 3. The molecule has 0 saturated carbocycles. The number of hydrogen-bond acceptors (Lipinski definition) is 4. The number of halogens is 1. The van der Waals surface area contributed by atoms with Gasteiger partial charge in [0.1, 0.15) is 12.4 Å². The molecule has 3 aromatic rings. The molecule has 0 unspecified atom stereocenters. The van der Waals surface area contributed by atoms with Gasteiger partial charge in [0.15, 0.2) is 11.5 Å². The molecule has 29 heavy (non-hydrogen) atoms. The molecular formula is C24H26ClNO3. The van der Waals surface area contributed by atoms with Gasteiger partial charge in [-0.3, -0.25) is 0 Å². The first-order valence-electron chi connectivity index (χ1n) is 9.78. The van der Waals surface area contributed by atoms with Crippen LogP contribution in [-0.2, 0) is 13.2 Å². The molecule has 0 aliphatic carbocycles. The first kappa shape index (κ1) is 20.9. The number of nitrogens with one attached hydrogen (secondary N) is 1. The van der Waals surface area contributed by atoms with Crippen LogP contribution in [0.1, 0.15) is 25.0 Å². The van der Waals surface area contributed by atoms with E-state index in [9.17, 15) is 0 Å². The summed E-state index contributed by atoms with van der Waals surface area (Å²) in [5.74, 6) is 2.08. The summed E-state index contributed by atoms with van der Waals surface area (Å²) in [6.07, 6.45) is 0. The fourth-order valence-corrected chi connectivity index (χ4v) is 3.18. The molecule has 0 amide bonds. The highest BCUT2D eigenvalue weighted by Crippen LogP contribution is 2.37. The highest BCUT2D eigenvalue weighted by molar-refractivity contribution is 6.32. The van der Waals surface area contributed by atoms with Gasteiger partial charge >= 0.3 is 0 Å². The average molecular weight is 412 g/mol. The maximum absolute atomic E-state index is 6.52. The van der Waals surface area contributed by atoms with Crippen molar-refractivity contribution in [3.05, 3.63) is 82.9 Å². The lowest BCUT2D eigenvalue weighted by Crippen LogP contribution is -2.04. The van der Waals surface area contributed by atoms with Gasteiger partial charge in [0.2, 0.25) is 0 Å². The lowest BCUT2D eigenvalue weighted by molar-refractivity contribution is 0.269. The van der Waals surface area contributed by atoms with Crippen molar-refractivity contribution in [2.24, 2.45) is 0 Å². The van der Waals surface area contributed by atoms with Gasteiger partial charge < -0.3 is 19.5 Å². The Morgan fingerprint density at radius 3 is 2.21 bits per heavy atom. The van der Waals surface area contributed by atoms with E-state index < -0.39 is 0 Å². The normalized spacial score (nSPS) is 10.4. The third kappa shape index (κ3) is 6.06. The maximum Gasteiger partial charge on any atom is 0.180 e. The van der Waals surface area contributed by atoms with Crippen LogP contribution in [0.15, 0.2) is 66.7 Å². The molecule has 0 fully saturated rings. The molecule has 0 spiro atoms. The lowest BCUT2D eigenvalue weighted by Gasteiger charge is -2.16. The van der Waals surface area contributed by atoms with E-state index in [4.69, 9.17) is 25.8 Å². The van der Waals surface area contributed by atoms with Gasteiger partial charge in [-0.05, 0) is 61.4 Å². The van der Waals surface area contributed by atoms with Gasteiger partial charge in [-0.25, -0.2) is 0 Å². The van der Waals surface area contributed by atoms with Crippen molar-refractivity contribution < 1.29 is 14.2 Å². The van der Waals surface area contributed by atoms with Crippen LogP contribution in [0.25, 0.3) is 0 Å². The van der Waals surface area contributed by atoms with Crippen LogP contribution in [0, 0.1) is 0 Å². The Bertz CT molecular complexity index is 898. The molecule has 0 aromatic heterocycles. The zero-order valence-electron chi connectivity index (χ0n) is 16.8. The largest absolute Gasteiger partial charge is 0.494 e. The summed E-state index contributed by atoms with van der Waals surface area (Å²) >= 11 is 6.52. The summed E-state index contributed by atoms with van der Waals surface area (Å²) in [5.41, 5.74) is 3.10. The molecule has 1 N–H and O–H groups in total. The van der Waals surface area contributed by atoms with Crippen molar-refractivity contribution >= 4 is 17.3 Å². The first-order valence-corrected chi connectivity index (χ1v) is 10.2. The number of anilines is 1. The number of rotatable bonds is 10. The highest BCUT2D eigenvalue weighted by atomic mass is 35.5. The molecular weight excluding hydrogens is 386 g/mol. The zero-order valence-corrected chi connectivity index (χ0v) is 17.5. The topological polar surface area (TPSA) is 39.7 Å². The quantitative estimate of drug-likeness (QED) is 0.423. The Kier molecular flexibility index (Phi) is 7.65. The zero-order chi connectivity index (χ0) is 20.5. The predicted molar refractivity (Wildman–Crippen MR) is 118 cm³/mol. The average Bonchev–Trinajstić information content (AvgIpc) is 2.74. The summed E-state index contributed by atoms with van der Waals surface area (Å²) in [6.45, 7) is 6.16. The summed E-state index contributed by atoms with van der Waals surface area (Å²) in [7, 11) is 0. The van der Waals surface area contributed by atoms with E-state index in [0.717, 1.165) is 22.6 Å². The minimum atomic E-state index is 0.435. The van der Waals surface area contributed by atoms with Gasteiger partial charge in [0, 0.05) is 12.2 Å². The summed E-state index contributed by atoms with van der Waals surface area (Å²) in [4.78, 5) is 0. The van der Waals surface area contributed by atoms with E-state index in [2.05, 4.69) is 5.32 Å².